The van der Waals surface area contributed by atoms with Crippen LogP contribution in [0.1, 0.15) is 10.4 Å². The molecule has 0 unspecified atom stereocenters. The van der Waals surface area contributed by atoms with E-state index in [0.29, 0.717) is 27.7 Å². The molecule has 10 nitrogen and oxygen atoms in total. The Morgan fingerprint density at radius 2 is 1.48 bits per heavy atom. The fourth-order valence-corrected chi connectivity index (χ4v) is 4.95. The van der Waals surface area contributed by atoms with Crippen molar-refractivity contribution in [3.63, 3.8) is 0 Å². The van der Waals surface area contributed by atoms with Crippen LogP contribution < -0.4 is 20.3 Å². The lowest BCUT2D eigenvalue weighted by molar-refractivity contribution is -0.384. The molecule has 0 bridgehead atoms. The van der Waals surface area contributed by atoms with E-state index in [-0.39, 0.29) is 21.9 Å². The summed E-state index contributed by atoms with van der Waals surface area (Å²) in [6, 6.07) is 23.7. The number of thioether (sulfide) groups is 1. The summed E-state index contributed by atoms with van der Waals surface area (Å²) in [6.07, 6.45) is 0. The Kier molecular flexibility index (Phi) is 7.98. The number of methoxy groups -OCH3 is 1. The molecule has 3 amide bonds. The lowest BCUT2D eigenvalue weighted by Gasteiger charge is -2.15. The molecule has 2 N–H and O–H groups in total. The van der Waals surface area contributed by atoms with Gasteiger partial charge in [0.2, 0.25) is 0 Å². The van der Waals surface area contributed by atoms with Crippen molar-refractivity contribution in [3.8, 4) is 5.75 Å². The van der Waals surface area contributed by atoms with Gasteiger partial charge in [0.15, 0.2) is 0 Å². The van der Waals surface area contributed by atoms with Gasteiger partial charge in [0.25, 0.3) is 23.4 Å². The number of benzene rings is 4. The van der Waals surface area contributed by atoms with Crippen LogP contribution in [0.5, 0.6) is 5.75 Å². The zero-order chi connectivity index (χ0) is 29.8. The van der Waals surface area contributed by atoms with Gasteiger partial charge in [0.1, 0.15) is 22.2 Å². The number of anilines is 3. The molecule has 12 heteroatoms. The summed E-state index contributed by atoms with van der Waals surface area (Å²) in [4.78, 5) is 51.7. The Balaban J connectivity index is 1.37. The van der Waals surface area contributed by atoms with E-state index in [9.17, 15) is 28.9 Å². The number of nitrogens with one attached hydrogen (secondary N) is 2. The smallest absolute Gasteiger partial charge is 0.283 e. The number of imide groups is 1. The SMILES string of the molecule is COc1ccc(N2C(=O)C(Nc3ccc(F)cc3)=C(Sc3ccc(NC(=O)c4ccc([N+](=O)[O-])cc4)cc3)C2=O)cc1. The molecule has 1 heterocycles. The minimum atomic E-state index is -0.580. The van der Waals surface area contributed by atoms with Crippen LogP contribution in [0.2, 0.25) is 0 Å². The first kappa shape index (κ1) is 28.1. The Hall–Kier alpha value is -5.49. The van der Waals surface area contributed by atoms with Crippen LogP contribution in [0.4, 0.5) is 27.1 Å². The first-order valence-electron chi connectivity index (χ1n) is 12.4. The average molecular weight is 585 g/mol. The Morgan fingerprint density at radius 1 is 0.857 bits per heavy atom. The largest absolute Gasteiger partial charge is 0.497 e. The second-order valence-electron chi connectivity index (χ2n) is 8.86. The topological polar surface area (TPSA) is 131 Å². The van der Waals surface area contributed by atoms with Crippen molar-refractivity contribution in [2.24, 2.45) is 0 Å². The lowest BCUT2D eigenvalue weighted by Crippen LogP contribution is -2.32. The number of nitro groups is 1. The summed E-state index contributed by atoms with van der Waals surface area (Å²) in [5.74, 6) is -1.46. The standard InChI is InChI=1S/C30H21FN4O6S/c1-41-24-14-12-22(13-15-24)34-29(37)26(32-20-6-4-19(31)5-7-20)27(30(34)38)42-25-16-8-21(9-17-25)33-28(36)18-2-10-23(11-3-18)35(39)40/h2-17,32H,1H3,(H,33,36). The van der Waals surface area contributed by atoms with Gasteiger partial charge in [0.05, 0.1) is 17.7 Å². The Morgan fingerprint density at radius 3 is 2.07 bits per heavy atom. The fraction of sp³-hybridized carbons (Fsp3) is 0.0333. The maximum absolute atomic E-state index is 13.6. The van der Waals surface area contributed by atoms with E-state index in [1.54, 1.807) is 48.5 Å². The molecule has 0 saturated heterocycles. The maximum Gasteiger partial charge on any atom is 0.283 e. The zero-order valence-electron chi connectivity index (χ0n) is 21.9. The summed E-state index contributed by atoms with van der Waals surface area (Å²) in [5.41, 5.74) is 1.38. The number of rotatable bonds is 9. The second kappa shape index (κ2) is 11.9. The van der Waals surface area contributed by atoms with Gasteiger partial charge in [-0.05, 0) is 84.9 Å². The molecule has 0 radical (unpaired) electrons. The molecular formula is C30H21FN4O6S. The number of hydrogen-bond acceptors (Lipinski definition) is 8. The number of nitro benzene ring substituents is 1. The van der Waals surface area contributed by atoms with Crippen molar-refractivity contribution in [3.05, 3.63) is 129 Å². The van der Waals surface area contributed by atoms with E-state index in [0.717, 1.165) is 16.7 Å². The van der Waals surface area contributed by atoms with Crippen LogP contribution in [0.3, 0.4) is 0 Å². The van der Waals surface area contributed by atoms with Gasteiger partial charge in [-0.3, -0.25) is 24.5 Å². The molecule has 0 atom stereocenters. The predicted molar refractivity (Wildman–Crippen MR) is 156 cm³/mol. The van der Waals surface area contributed by atoms with E-state index in [4.69, 9.17) is 4.74 Å². The van der Waals surface area contributed by atoms with Crippen LogP contribution in [-0.2, 0) is 9.59 Å². The molecule has 4 aromatic carbocycles. The highest BCUT2D eigenvalue weighted by molar-refractivity contribution is 8.04. The van der Waals surface area contributed by atoms with Crippen LogP contribution in [-0.4, -0.2) is 29.8 Å². The molecule has 0 saturated carbocycles. The van der Waals surface area contributed by atoms with Crippen molar-refractivity contribution in [2.75, 3.05) is 22.6 Å². The number of non-ortho nitro benzene ring substituents is 1. The second-order valence-corrected chi connectivity index (χ2v) is 9.95. The van der Waals surface area contributed by atoms with Crippen LogP contribution >= 0.6 is 11.8 Å². The van der Waals surface area contributed by atoms with E-state index in [1.165, 1.54) is 55.6 Å². The third-order valence-electron chi connectivity index (χ3n) is 6.16. The molecule has 4 aromatic rings. The van der Waals surface area contributed by atoms with Crippen molar-refractivity contribution in [2.45, 2.75) is 4.90 Å². The molecule has 42 heavy (non-hydrogen) atoms. The number of halogens is 1. The Labute approximate surface area is 242 Å². The number of carbonyl (C=O) groups is 3. The van der Waals surface area contributed by atoms with Gasteiger partial charge < -0.3 is 15.4 Å². The molecule has 0 aromatic heterocycles. The average Bonchev–Trinajstić information content (AvgIpc) is 3.23. The van der Waals surface area contributed by atoms with Crippen molar-refractivity contribution >= 4 is 52.2 Å². The van der Waals surface area contributed by atoms with E-state index in [2.05, 4.69) is 10.6 Å². The first-order chi connectivity index (χ1) is 20.2. The highest BCUT2D eigenvalue weighted by Crippen LogP contribution is 2.38. The van der Waals surface area contributed by atoms with Crippen molar-refractivity contribution in [1.29, 1.82) is 0 Å². The summed E-state index contributed by atoms with van der Waals surface area (Å²) < 4.78 is 18.6. The number of hydrogen-bond donors (Lipinski definition) is 2. The Bertz CT molecular complexity index is 1710. The first-order valence-corrected chi connectivity index (χ1v) is 13.2. The molecule has 0 aliphatic carbocycles. The predicted octanol–water partition coefficient (Wildman–Crippen LogP) is 5.98. The quantitative estimate of drug-likeness (QED) is 0.140. The number of carbonyl (C=O) groups excluding carboxylic acids is 3. The normalized spacial score (nSPS) is 12.9. The summed E-state index contributed by atoms with van der Waals surface area (Å²) >= 11 is 1.06. The summed E-state index contributed by atoms with van der Waals surface area (Å²) in [7, 11) is 1.51. The molecule has 0 fully saturated rings. The molecule has 0 spiro atoms. The monoisotopic (exact) mass is 584 g/mol. The van der Waals surface area contributed by atoms with Gasteiger partial charge in [-0.2, -0.15) is 0 Å². The van der Waals surface area contributed by atoms with Gasteiger partial charge >= 0.3 is 0 Å². The van der Waals surface area contributed by atoms with Gasteiger partial charge in [-0.1, -0.05) is 11.8 Å². The zero-order valence-corrected chi connectivity index (χ0v) is 22.7. The molecular weight excluding hydrogens is 563 g/mol. The van der Waals surface area contributed by atoms with Crippen molar-refractivity contribution < 1.29 is 28.4 Å². The number of ether oxygens (including phenoxy) is 1. The van der Waals surface area contributed by atoms with Crippen molar-refractivity contribution in [1.82, 2.24) is 0 Å². The molecule has 1 aliphatic rings. The minimum absolute atomic E-state index is 0.0305. The minimum Gasteiger partial charge on any atom is -0.497 e. The highest BCUT2D eigenvalue weighted by Gasteiger charge is 2.40. The maximum atomic E-state index is 13.6. The summed E-state index contributed by atoms with van der Waals surface area (Å²) in [5, 5.41) is 16.5. The molecule has 1 aliphatic heterocycles. The molecule has 210 valence electrons. The van der Waals surface area contributed by atoms with Crippen LogP contribution in [0.25, 0.3) is 0 Å². The van der Waals surface area contributed by atoms with Gasteiger partial charge in [-0.15, -0.1) is 0 Å². The van der Waals surface area contributed by atoms with Gasteiger partial charge in [-0.25, -0.2) is 9.29 Å². The number of amides is 3. The third-order valence-corrected chi connectivity index (χ3v) is 7.25. The van der Waals surface area contributed by atoms with Gasteiger partial charge in [0, 0.05) is 34.0 Å². The van der Waals surface area contributed by atoms with E-state index < -0.39 is 28.5 Å². The van der Waals surface area contributed by atoms with Crippen LogP contribution in [0, 0.1) is 15.9 Å². The van der Waals surface area contributed by atoms with Crippen LogP contribution in [0.15, 0.2) is 113 Å². The fourth-order valence-electron chi connectivity index (χ4n) is 4.02. The lowest BCUT2D eigenvalue weighted by atomic mass is 10.2. The third kappa shape index (κ3) is 5.98. The van der Waals surface area contributed by atoms with E-state index >= 15 is 0 Å². The molecule has 5 rings (SSSR count). The van der Waals surface area contributed by atoms with E-state index in [1.807, 2.05) is 0 Å². The highest BCUT2D eigenvalue weighted by atomic mass is 32.2. The number of nitrogens with zero attached hydrogens (tertiary/aromatic N) is 2. The summed E-state index contributed by atoms with van der Waals surface area (Å²) in [6.45, 7) is 0.